The van der Waals surface area contributed by atoms with Crippen molar-refractivity contribution in [3.05, 3.63) is 60.2 Å². The van der Waals surface area contributed by atoms with Crippen molar-refractivity contribution in [1.82, 2.24) is 5.32 Å². The molecule has 2 aromatic carbocycles. The largest absolute Gasteiger partial charge is 0.492 e. The van der Waals surface area contributed by atoms with Gasteiger partial charge in [0, 0.05) is 0 Å². The number of rotatable bonds is 7. The highest BCUT2D eigenvalue weighted by Gasteiger charge is 2.10. The first-order valence-electron chi connectivity index (χ1n) is 7.15. The van der Waals surface area contributed by atoms with Crippen molar-refractivity contribution in [2.75, 3.05) is 19.0 Å². The summed E-state index contributed by atoms with van der Waals surface area (Å²) < 4.78 is 5.52. The molecule has 0 atom stereocenters. The molecule has 5 nitrogen and oxygen atoms in total. The second-order valence-electron chi connectivity index (χ2n) is 4.67. The Morgan fingerprint density at radius 2 is 1.83 bits per heavy atom. The van der Waals surface area contributed by atoms with Crippen molar-refractivity contribution in [2.45, 2.75) is 0 Å². The predicted molar refractivity (Wildman–Crippen MR) is 92.7 cm³/mol. The number of nitrogens with two attached hydrogens (primary N) is 1. The summed E-state index contributed by atoms with van der Waals surface area (Å²) in [5.74, 6) is 0.908. The summed E-state index contributed by atoms with van der Waals surface area (Å²) in [6.07, 6.45) is 0. The number of aliphatic imine (C=N–C) groups is 1. The Hall–Kier alpha value is -2.53. The summed E-state index contributed by atoms with van der Waals surface area (Å²) in [6, 6.07) is 16.4. The van der Waals surface area contributed by atoms with Gasteiger partial charge >= 0.3 is 0 Å². The topological polar surface area (TPSA) is 76.7 Å². The highest BCUT2D eigenvalue weighted by atomic mass is 35.5. The van der Waals surface area contributed by atoms with Gasteiger partial charge in [-0.25, -0.2) is 4.99 Å². The van der Waals surface area contributed by atoms with Crippen LogP contribution < -0.4 is 15.8 Å². The molecule has 1 amide bonds. The second-order valence-corrected chi connectivity index (χ2v) is 4.94. The van der Waals surface area contributed by atoms with E-state index in [1.54, 1.807) is 24.3 Å². The van der Waals surface area contributed by atoms with Crippen molar-refractivity contribution in [3.63, 3.8) is 0 Å². The average molecular weight is 332 g/mol. The van der Waals surface area contributed by atoms with Crippen LogP contribution in [0.3, 0.4) is 0 Å². The molecular formula is C17H18ClN3O2. The molecule has 2 aromatic rings. The first-order chi connectivity index (χ1) is 11.2. The first-order valence-corrected chi connectivity index (χ1v) is 7.68. The van der Waals surface area contributed by atoms with Crippen LogP contribution in [0.1, 0.15) is 10.4 Å². The molecule has 0 bridgehead atoms. The Kier molecular flexibility index (Phi) is 6.44. The third-order valence-electron chi connectivity index (χ3n) is 2.95. The molecule has 0 aliphatic carbocycles. The molecule has 2 rings (SSSR count). The minimum Gasteiger partial charge on any atom is -0.492 e. The van der Waals surface area contributed by atoms with Gasteiger partial charge in [0.15, 0.2) is 0 Å². The van der Waals surface area contributed by atoms with Crippen LogP contribution in [-0.4, -0.2) is 30.8 Å². The monoisotopic (exact) mass is 331 g/mol. The van der Waals surface area contributed by atoms with Crippen LogP contribution >= 0.6 is 11.6 Å². The summed E-state index contributed by atoms with van der Waals surface area (Å²) in [7, 11) is 0. The van der Waals surface area contributed by atoms with E-state index in [0.29, 0.717) is 24.4 Å². The predicted octanol–water partition coefficient (Wildman–Crippen LogP) is 2.72. The molecular weight excluding hydrogens is 314 g/mol. The molecule has 0 aliphatic heterocycles. The number of nitrogens with one attached hydrogen (secondary N) is 1. The number of carbonyl (C=O) groups is 1. The number of nitrogens with zero attached hydrogens (tertiary/aromatic N) is 1. The molecule has 3 N–H and O–H groups in total. The number of halogens is 1. The Balaban J connectivity index is 1.91. The van der Waals surface area contributed by atoms with Gasteiger partial charge in [0.05, 0.1) is 23.7 Å². The van der Waals surface area contributed by atoms with Crippen LogP contribution in [0.5, 0.6) is 5.75 Å². The van der Waals surface area contributed by atoms with Gasteiger partial charge in [-0.15, -0.1) is 11.6 Å². The zero-order valence-electron chi connectivity index (χ0n) is 12.5. The fourth-order valence-corrected chi connectivity index (χ4v) is 1.95. The van der Waals surface area contributed by atoms with Crippen LogP contribution in [0, 0.1) is 0 Å². The molecule has 6 heteroatoms. The molecule has 0 heterocycles. The lowest BCUT2D eigenvalue weighted by molar-refractivity contribution is 0.0947. The fraction of sp³-hybridized carbons (Fsp3) is 0.176. The van der Waals surface area contributed by atoms with E-state index in [1.807, 2.05) is 30.3 Å². The van der Waals surface area contributed by atoms with Crippen LogP contribution in [0.15, 0.2) is 59.6 Å². The maximum absolute atomic E-state index is 12.2. The standard InChI is InChI=1S/C17H18ClN3O2/c18-12-16(19)21-15-9-5-4-8-14(15)17(22)20-10-11-23-13-6-2-1-3-7-13/h1-9H,10-12H2,(H2,19,21)(H,20,22). The number of carbonyl (C=O) groups excluding carboxylic acids is 1. The second kappa shape index (κ2) is 8.80. The Bertz CT molecular complexity index is 675. The van der Waals surface area contributed by atoms with Crippen molar-refractivity contribution >= 4 is 29.0 Å². The molecule has 0 aromatic heterocycles. The van der Waals surface area contributed by atoms with Gasteiger partial charge in [0.1, 0.15) is 18.2 Å². The van der Waals surface area contributed by atoms with Crippen molar-refractivity contribution in [3.8, 4) is 5.75 Å². The lowest BCUT2D eigenvalue weighted by Crippen LogP contribution is -2.28. The molecule has 0 saturated heterocycles. The molecule has 120 valence electrons. The van der Waals surface area contributed by atoms with Crippen molar-refractivity contribution < 1.29 is 9.53 Å². The lowest BCUT2D eigenvalue weighted by Gasteiger charge is -2.09. The molecule has 23 heavy (non-hydrogen) atoms. The number of alkyl halides is 1. The SMILES string of the molecule is NC(CCl)=Nc1ccccc1C(=O)NCCOc1ccccc1. The highest BCUT2D eigenvalue weighted by molar-refractivity contribution is 6.28. The van der Waals surface area contributed by atoms with Crippen LogP contribution in [0.4, 0.5) is 5.69 Å². The van der Waals surface area contributed by atoms with Gasteiger partial charge in [-0.3, -0.25) is 4.79 Å². The Labute approximate surface area is 140 Å². The van der Waals surface area contributed by atoms with E-state index in [4.69, 9.17) is 22.1 Å². The van der Waals surface area contributed by atoms with E-state index in [-0.39, 0.29) is 17.6 Å². The van der Waals surface area contributed by atoms with Gasteiger partial charge in [0.25, 0.3) is 5.91 Å². The van der Waals surface area contributed by atoms with E-state index in [9.17, 15) is 4.79 Å². The third-order valence-corrected chi connectivity index (χ3v) is 3.22. The number of para-hydroxylation sites is 2. The van der Waals surface area contributed by atoms with Crippen LogP contribution in [0.25, 0.3) is 0 Å². The number of hydrogen-bond acceptors (Lipinski definition) is 3. The summed E-state index contributed by atoms with van der Waals surface area (Å²) in [4.78, 5) is 16.4. The third kappa shape index (κ3) is 5.30. The molecule has 0 radical (unpaired) electrons. The van der Waals surface area contributed by atoms with E-state index in [2.05, 4.69) is 10.3 Å². The Morgan fingerprint density at radius 3 is 2.57 bits per heavy atom. The number of amidine groups is 1. The minimum atomic E-state index is -0.233. The zero-order valence-corrected chi connectivity index (χ0v) is 13.3. The zero-order chi connectivity index (χ0) is 16.5. The summed E-state index contributed by atoms with van der Waals surface area (Å²) in [5, 5.41) is 2.79. The maximum Gasteiger partial charge on any atom is 0.253 e. The van der Waals surface area contributed by atoms with Crippen LogP contribution in [-0.2, 0) is 0 Å². The molecule has 0 unspecified atom stereocenters. The van der Waals surface area contributed by atoms with Crippen molar-refractivity contribution in [1.29, 1.82) is 0 Å². The van der Waals surface area contributed by atoms with Gasteiger partial charge in [0.2, 0.25) is 0 Å². The van der Waals surface area contributed by atoms with E-state index >= 15 is 0 Å². The molecule has 0 saturated carbocycles. The van der Waals surface area contributed by atoms with Crippen molar-refractivity contribution in [2.24, 2.45) is 10.7 Å². The number of hydrogen-bond donors (Lipinski definition) is 2. The van der Waals surface area contributed by atoms with E-state index in [1.165, 1.54) is 0 Å². The van der Waals surface area contributed by atoms with Gasteiger partial charge in [-0.1, -0.05) is 30.3 Å². The normalized spacial score (nSPS) is 11.1. The fourth-order valence-electron chi connectivity index (χ4n) is 1.89. The average Bonchev–Trinajstić information content (AvgIpc) is 2.59. The molecule has 0 aliphatic rings. The van der Waals surface area contributed by atoms with E-state index < -0.39 is 0 Å². The van der Waals surface area contributed by atoms with Gasteiger partial charge < -0.3 is 15.8 Å². The summed E-state index contributed by atoms with van der Waals surface area (Å²) in [5.41, 5.74) is 6.56. The smallest absolute Gasteiger partial charge is 0.253 e. The summed E-state index contributed by atoms with van der Waals surface area (Å²) in [6.45, 7) is 0.766. The molecule has 0 spiro atoms. The highest BCUT2D eigenvalue weighted by Crippen LogP contribution is 2.18. The first kappa shape index (κ1) is 16.8. The lowest BCUT2D eigenvalue weighted by atomic mass is 10.1. The van der Waals surface area contributed by atoms with Gasteiger partial charge in [-0.05, 0) is 24.3 Å². The minimum absolute atomic E-state index is 0.112. The maximum atomic E-state index is 12.2. The number of ether oxygens (including phenoxy) is 1. The van der Waals surface area contributed by atoms with Crippen LogP contribution in [0.2, 0.25) is 0 Å². The number of benzene rings is 2. The number of amides is 1. The molecule has 0 fully saturated rings. The quantitative estimate of drug-likeness (QED) is 0.354. The Morgan fingerprint density at radius 1 is 1.13 bits per heavy atom. The van der Waals surface area contributed by atoms with Gasteiger partial charge in [-0.2, -0.15) is 0 Å². The van der Waals surface area contributed by atoms with E-state index in [0.717, 1.165) is 5.75 Å². The summed E-state index contributed by atoms with van der Waals surface area (Å²) >= 11 is 5.62.